The molecule has 1 aromatic heterocycles. The van der Waals surface area contributed by atoms with Crippen LogP contribution in [0.3, 0.4) is 0 Å². The van der Waals surface area contributed by atoms with Crippen LogP contribution in [0.1, 0.15) is 27.6 Å². The topological polar surface area (TPSA) is 85.4 Å². The Morgan fingerprint density at radius 1 is 1.04 bits per heavy atom. The molecule has 0 unspecified atom stereocenters. The van der Waals surface area contributed by atoms with Gasteiger partial charge in [-0.2, -0.15) is 0 Å². The van der Waals surface area contributed by atoms with Crippen LogP contribution >= 0.6 is 11.6 Å². The Labute approximate surface area is 160 Å². The number of ketones is 1. The van der Waals surface area contributed by atoms with Gasteiger partial charge in [0, 0.05) is 10.9 Å². The van der Waals surface area contributed by atoms with Crippen molar-refractivity contribution in [3.8, 4) is 0 Å². The van der Waals surface area contributed by atoms with Crippen LogP contribution in [0.15, 0.2) is 54.6 Å². The van der Waals surface area contributed by atoms with E-state index < -0.39 is 18.5 Å². The molecule has 0 aliphatic heterocycles. The summed E-state index contributed by atoms with van der Waals surface area (Å²) in [7, 11) is 0. The fourth-order valence-electron chi connectivity index (χ4n) is 2.61. The van der Waals surface area contributed by atoms with Gasteiger partial charge >= 0.3 is 5.97 Å². The van der Waals surface area contributed by atoms with Gasteiger partial charge in [-0.1, -0.05) is 41.9 Å². The number of para-hydroxylation sites is 2. The number of nitrogens with zero attached hydrogens (tertiary/aromatic N) is 1. The highest BCUT2D eigenvalue weighted by atomic mass is 35.5. The third kappa shape index (κ3) is 4.30. The molecule has 1 heterocycles. The van der Waals surface area contributed by atoms with Crippen molar-refractivity contribution >= 4 is 45.9 Å². The summed E-state index contributed by atoms with van der Waals surface area (Å²) in [5.74, 6) is -1.42. The van der Waals surface area contributed by atoms with Crippen LogP contribution in [0.25, 0.3) is 10.9 Å². The molecule has 6 nitrogen and oxygen atoms in total. The molecule has 3 aromatic rings. The quantitative estimate of drug-likeness (QED) is 0.411. The van der Waals surface area contributed by atoms with Crippen molar-refractivity contribution in [2.45, 2.75) is 6.92 Å². The molecule has 0 bridgehead atoms. The fourth-order valence-corrected chi connectivity index (χ4v) is 2.81. The summed E-state index contributed by atoms with van der Waals surface area (Å²) in [6.45, 7) is 0.905. The van der Waals surface area contributed by atoms with E-state index in [4.69, 9.17) is 16.3 Å². The number of anilines is 1. The minimum atomic E-state index is -0.689. The molecule has 0 aliphatic rings. The number of hydrogen-bond acceptors (Lipinski definition) is 5. The zero-order valence-electron chi connectivity index (χ0n) is 14.4. The largest absolute Gasteiger partial charge is 0.452 e. The SMILES string of the molecule is CC(=O)c1ccccc1NC(=O)COC(=O)c1cc(Cl)nc2ccccc12. The van der Waals surface area contributed by atoms with E-state index in [1.807, 2.05) is 0 Å². The second kappa shape index (κ2) is 7.97. The van der Waals surface area contributed by atoms with Gasteiger partial charge in [-0.05, 0) is 31.2 Å². The molecule has 0 fully saturated rings. The minimum absolute atomic E-state index is 0.153. The number of fused-ring (bicyclic) bond motifs is 1. The molecule has 0 radical (unpaired) electrons. The first-order valence-corrected chi connectivity index (χ1v) is 8.45. The van der Waals surface area contributed by atoms with E-state index in [0.29, 0.717) is 22.2 Å². The number of esters is 1. The second-order valence-electron chi connectivity index (χ2n) is 5.74. The predicted octanol–water partition coefficient (Wildman–Crippen LogP) is 3.89. The molecule has 0 spiro atoms. The second-order valence-corrected chi connectivity index (χ2v) is 6.12. The van der Waals surface area contributed by atoms with Crippen molar-refractivity contribution in [2.75, 3.05) is 11.9 Å². The van der Waals surface area contributed by atoms with Gasteiger partial charge < -0.3 is 10.1 Å². The number of Topliss-reactive ketones (excluding diaryl/α,β-unsaturated/α-hetero) is 1. The third-order valence-corrected chi connectivity index (χ3v) is 4.01. The first-order valence-electron chi connectivity index (χ1n) is 8.08. The zero-order valence-corrected chi connectivity index (χ0v) is 15.1. The molecule has 3 rings (SSSR count). The standard InChI is InChI=1S/C20H15ClN2O4/c1-12(24)13-6-2-4-8-16(13)23-19(25)11-27-20(26)15-10-18(21)22-17-9-5-3-7-14(15)17/h2-10H,11H2,1H3,(H,23,25). The lowest BCUT2D eigenvalue weighted by atomic mass is 10.1. The Hall–Kier alpha value is -3.25. The van der Waals surface area contributed by atoms with Crippen LogP contribution in [-0.4, -0.2) is 29.3 Å². The average Bonchev–Trinajstić information content (AvgIpc) is 2.65. The van der Waals surface area contributed by atoms with Crippen LogP contribution in [-0.2, 0) is 9.53 Å². The number of carbonyl (C=O) groups is 3. The first-order chi connectivity index (χ1) is 13.0. The summed E-state index contributed by atoms with van der Waals surface area (Å²) < 4.78 is 5.10. The molecule has 0 aliphatic carbocycles. The molecular formula is C20H15ClN2O4. The molecule has 2 aromatic carbocycles. The molecule has 1 N–H and O–H groups in total. The van der Waals surface area contributed by atoms with Crippen molar-refractivity contribution < 1.29 is 19.1 Å². The summed E-state index contributed by atoms with van der Waals surface area (Å²) in [5, 5.41) is 3.30. The van der Waals surface area contributed by atoms with Crippen molar-refractivity contribution in [3.05, 3.63) is 70.9 Å². The molecule has 7 heteroatoms. The van der Waals surface area contributed by atoms with Gasteiger partial charge in [-0.3, -0.25) is 9.59 Å². The number of aromatic nitrogens is 1. The van der Waals surface area contributed by atoms with E-state index in [-0.39, 0.29) is 16.5 Å². The summed E-state index contributed by atoms with van der Waals surface area (Å²) >= 11 is 5.95. The summed E-state index contributed by atoms with van der Waals surface area (Å²) in [6, 6.07) is 15.0. The van der Waals surface area contributed by atoms with Crippen molar-refractivity contribution in [1.29, 1.82) is 0 Å². The lowest BCUT2D eigenvalue weighted by Crippen LogP contribution is -2.22. The fraction of sp³-hybridized carbons (Fsp3) is 0.100. The molecule has 0 saturated carbocycles. The number of halogens is 1. The molecule has 27 heavy (non-hydrogen) atoms. The number of amides is 1. The number of benzene rings is 2. The Kier molecular flexibility index (Phi) is 5.47. The average molecular weight is 383 g/mol. The first kappa shape index (κ1) is 18.5. The number of ether oxygens (including phenoxy) is 1. The number of carbonyl (C=O) groups excluding carboxylic acids is 3. The maximum atomic E-state index is 12.4. The van der Waals surface area contributed by atoms with E-state index in [1.165, 1.54) is 13.0 Å². The molecule has 0 atom stereocenters. The van der Waals surface area contributed by atoms with Gasteiger partial charge in [-0.15, -0.1) is 0 Å². The van der Waals surface area contributed by atoms with Gasteiger partial charge in [0.2, 0.25) is 0 Å². The van der Waals surface area contributed by atoms with Gasteiger partial charge in [0.05, 0.1) is 16.8 Å². The Morgan fingerprint density at radius 2 is 1.74 bits per heavy atom. The van der Waals surface area contributed by atoms with E-state index >= 15 is 0 Å². The third-order valence-electron chi connectivity index (χ3n) is 3.82. The van der Waals surface area contributed by atoms with Gasteiger partial charge in [-0.25, -0.2) is 9.78 Å². The monoisotopic (exact) mass is 382 g/mol. The van der Waals surface area contributed by atoms with Crippen LogP contribution in [0.4, 0.5) is 5.69 Å². The van der Waals surface area contributed by atoms with E-state index in [9.17, 15) is 14.4 Å². The van der Waals surface area contributed by atoms with Gasteiger partial charge in [0.1, 0.15) is 5.15 Å². The number of nitrogens with one attached hydrogen (secondary N) is 1. The highest BCUT2D eigenvalue weighted by Gasteiger charge is 2.16. The number of rotatable bonds is 5. The highest BCUT2D eigenvalue weighted by molar-refractivity contribution is 6.30. The lowest BCUT2D eigenvalue weighted by Gasteiger charge is -2.10. The Morgan fingerprint density at radius 3 is 2.52 bits per heavy atom. The van der Waals surface area contributed by atoms with Crippen molar-refractivity contribution in [2.24, 2.45) is 0 Å². The van der Waals surface area contributed by atoms with E-state index in [1.54, 1.807) is 48.5 Å². The summed E-state index contributed by atoms with van der Waals surface area (Å²) in [6.07, 6.45) is 0. The molecule has 0 saturated heterocycles. The molecule has 136 valence electrons. The van der Waals surface area contributed by atoms with Gasteiger partial charge in [0.15, 0.2) is 12.4 Å². The maximum Gasteiger partial charge on any atom is 0.339 e. The van der Waals surface area contributed by atoms with Crippen LogP contribution in [0.2, 0.25) is 5.15 Å². The Bertz CT molecular complexity index is 1050. The van der Waals surface area contributed by atoms with E-state index in [2.05, 4.69) is 10.3 Å². The van der Waals surface area contributed by atoms with Crippen molar-refractivity contribution in [1.82, 2.24) is 4.98 Å². The molecular weight excluding hydrogens is 368 g/mol. The Balaban J connectivity index is 1.72. The lowest BCUT2D eigenvalue weighted by molar-refractivity contribution is -0.119. The number of pyridine rings is 1. The zero-order chi connectivity index (χ0) is 19.4. The smallest absolute Gasteiger partial charge is 0.339 e. The molecule has 1 amide bonds. The van der Waals surface area contributed by atoms with Crippen LogP contribution in [0.5, 0.6) is 0 Å². The maximum absolute atomic E-state index is 12.4. The normalized spacial score (nSPS) is 10.4. The summed E-state index contributed by atoms with van der Waals surface area (Å²) in [5.41, 5.74) is 1.52. The van der Waals surface area contributed by atoms with Crippen LogP contribution < -0.4 is 5.32 Å². The van der Waals surface area contributed by atoms with Crippen molar-refractivity contribution in [3.63, 3.8) is 0 Å². The van der Waals surface area contributed by atoms with E-state index in [0.717, 1.165) is 0 Å². The number of hydrogen-bond donors (Lipinski definition) is 1. The highest BCUT2D eigenvalue weighted by Crippen LogP contribution is 2.21. The van der Waals surface area contributed by atoms with Crippen LogP contribution in [0, 0.1) is 0 Å². The van der Waals surface area contributed by atoms with Gasteiger partial charge in [0.25, 0.3) is 5.91 Å². The predicted molar refractivity (Wildman–Crippen MR) is 102 cm³/mol. The minimum Gasteiger partial charge on any atom is -0.452 e. The summed E-state index contributed by atoms with van der Waals surface area (Å²) in [4.78, 5) is 40.3.